The Labute approximate surface area is 89.7 Å². The summed E-state index contributed by atoms with van der Waals surface area (Å²) in [6, 6.07) is 0. The van der Waals surface area contributed by atoms with Crippen LogP contribution < -0.4 is 11.1 Å². The normalized spacial score (nSPS) is 10.5. The van der Waals surface area contributed by atoms with Gasteiger partial charge in [0.05, 0.1) is 12.0 Å². The molecule has 0 aliphatic heterocycles. The molecule has 1 amide bonds. The SMILES string of the molecule is CNCc1cncn1CCCCC(N)=O. The fourth-order valence-electron chi connectivity index (χ4n) is 1.46. The van der Waals surface area contributed by atoms with Crippen LogP contribution in [0.5, 0.6) is 0 Å². The maximum absolute atomic E-state index is 10.5. The number of imidazole rings is 1. The number of rotatable bonds is 7. The smallest absolute Gasteiger partial charge is 0.217 e. The Morgan fingerprint density at radius 3 is 3.07 bits per heavy atom. The molecular formula is C10H18N4O. The Morgan fingerprint density at radius 1 is 1.60 bits per heavy atom. The number of nitrogens with one attached hydrogen (secondary N) is 1. The van der Waals surface area contributed by atoms with Crippen LogP contribution in [0.25, 0.3) is 0 Å². The second kappa shape index (κ2) is 6.19. The van der Waals surface area contributed by atoms with Crippen molar-refractivity contribution in [3.05, 3.63) is 18.2 Å². The van der Waals surface area contributed by atoms with Crippen molar-refractivity contribution in [2.24, 2.45) is 5.73 Å². The third kappa shape index (κ3) is 4.12. The van der Waals surface area contributed by atoms with Crippen LogP contribution in [0, 0.1) is 0 Å². The van der Waals surface area contributed by atoms with Crippen molar-refractivity contribution >= 4 is 5.91 Å². The highest BCUT2D eigenvalue weighted by molar-refractivity contribution is 5.73. The van der Waals surface area contributed by atoms with Crippen LogP contribution >= 0.6 is 0 Å². The lowest BCUT2D eigenvalue weighted by atomic mass is 10.2. The molecule has 0 radical (unpaired) electrons. The van der Waals surface area contributed by atoms with E-state index in [9.17, 15) is 4.79 Å². The quantitative estimate of drug-likeness (QED) is 0.634. The lowest BCUT2D eigenvalue weighted by Gasteiger charge is -2.06. The second-order valence-electron chi connectivity index (χ2n) is 3.53. The summed E-state index contributed by atoms with van der Waals surface area (Å²) in [7, 11) is 1.91. The van der Waals surface area contributed by atoms with Gasteiger partial charge in [-0.3, -0.25) is 4.79 Å². The lowest BCUT2D eigenvalue weighted by Crippen LogP contribution is -2.12. The molecule has 5 nitrogen and oxygen atoms in total. The maximum atomic E-state index is 10.5. The zero-order valence-corrected chi connectivity index (χ0v) is 9.07. The van der Waals surface area contributed by atoms with E-state index < -0.39 is 0 Å². The summed E-state index contributed by atoms with van der Waals surface area (Å²) in [5.74, 6) is -0.226. The molecule has 0 aliphatic carbocycles. The first-order valence-electron chi connectivity index (χ1n) is 5.16. The first-order chi connectivity index (χ1) is 7.24. The van der Waals surface area contributed by atoms with Gasteiger partial charge in [0.2, 0.25) is 5.91 Å². The van der Waals surface area contributed by atoms with E-state index in [1.54, 1.807) is 0 Å². The summed E-state index contributed by atoms with van der Waals surface area (Å²) in [5, 5.41) is 3.08. The first-order valence-corrected chi connectivity index (χ1v) is 5.16. The van der Waals surface area contributed by atoms with E-state index in [-0.39, 0.29) is 5.91 Å². The van der Waals surface area contributed by atoms with Crippen LogP contribution in [0.4, 0.5) is 0 Å². The molecular weight excluding hydrogens is 192 g/mol. The topological polar surface area (TPSA) is 72.9 Å². The highest BCUT2D eigenvalue weighted by atomic mass is 16.1. The number of carbonyl (C=O) groups is 1. The zero-order valence-electron chi connectivity index (χ0n) is 9.07. The Bertz CT molecular complexity index is 308. The Hall–Kier alpha value is -1.36. The third-order valence-corrected chi connectivity index (χ3v) is 2.23. The first kappa shape index (κ1) is 11.7. The van der Waals surface area contributed by atoms with E-state index in [4.69, 9.17) is 5.73 Å². The second-order valence-corrected chi connectivity index (χ2v) is 3.53. The molecule has 0 aromatic carbocycles. The molecule has 3 N–H and O–H groups in total. The summed E-state index contributed by atoms with van der Waals surface area (Å²) < 4.78 is 2.09. The third-order valence-electron chi connectivity index (χ3n) is 2.23. The number of aromatic nitrogens is 2. The van der Waals surface area contributed by atoms with Gasteiger partial charge in [0, 0.05) is 25.7 Å². The van der Waals surface area contributed by atoms with Gasteiger partial charge in [0.15, 0.2) is 0 Å². The summed E-state index contributed by atoms with van der Waals surface area (Å²) in [4.78, 5) is 14.6. The molecule has 1 heterocycles. The Morgan fingerprint density at radius 2 is 2.40 bits per heavy atom. The standard InChI is InChI=1S/C10H18N4O/c1-12-6-9-7-13-8-14(9)5-3-2-4-10(11)15/h7-8,12H,2-6H2,1H3,(H2,11,15). The summed E-state index contributed by atoms with van der Waals surface area (Å²) in [6.07, 6.45) is 5.93. The van der Waals surface area contributed by atoms with Crippen molar-refractivity contribution < 1.29 is 4.79 Å². The van der Waals surface area contributed by atoms with Gasteiger partial charge in [0.25, 0.3) is 0 Å². The molecule has 0 aliphatic rings. The van der Waals surface area contributed by atoms with Crippen LogP contribution in [0.15, 0.2) is 12.5 Å². The summed E-state index contributed by atoms with van der Waals surface area (Å²) >= 11 is 0. The van der Waals surface area contributed by atoms with Gasteiger partial charge in [-0.2, -0.15) is 0 Å². The van der Waals surface area contributed by atoms with Gasteiger partial charge in [-0.25, -0.2) is 4.98 Å². The van der Waals surface area contributed by atoms with Gasteiger partial charge in [-0.15, -0.1) is 0 Å². The molecule has 1 aromatic heterocycles. The fraction of sp³-hybridized carbons (Fsp3) is 0.600. The van der Waals surface area contributed by atoms with E-state index >= 15 is 0 Å². The minimum Gasteiger partial charge on any atom is -0.370 e. The Kier molecular flexibility index (Phi) is 4.83. The zero-order chi connectivity index (χ0) is 11.1. The molecule has 0 saturated carbocycles. The van der Waals surface area contributed by atoms with Gasteiger partial charge in [0.1, 0.15) is 0 Å². The van der Waals surface area contributed by atoms with Crippen LogP contribution in [-0.2, 0) is 17.9 Å². The number of nitrogens with zero attached hydrogens (tertiary/aromatic N) is 2. The van der Waals surface area contributed by atoms with Crippen molar-refractivity contribution in [1.82, 2.24) is 14.9 Å². The van der Waals surface area contributed by atoms with E-state index in [1.165, 1.54) is 0 Å². The minimum absolute atomic E-state index is 0.226. The molecule has 0 saturated heterocycles. The van der Waals surface area contributed by atoms with Crippen LogP contribution in [-0.4, -0.2) is 22.5 Å². The number of aryl methyl sites for hydroxylation is 1. The Balaban J connectivity index is 2.30. The molecule has 5 heteroatoms. The number of primary amides is 1. The monoisotopic (exact) mass is 210 g/mol. The molecule has 0 fully saturated rings. The van der Waals surface area contributed by atoms with Crippen LogP contribution in [0.1, 0.15) is 25.0 Å². The van der Waals surface area contributed by atoms with Gasteiger partial charge in [-0.1, -0.05) is 0 Å². The average Bonchev–Trinajstić information content (AvgIpc) is 2.61. The van der Waals surface area contributed by atoms with Gasteiger partial charge < -0.3 is 15.6 Å². The average molecular weight is 210 g/mol. The maximum Gasteiger partial charge on any atom is 0.217 e. The fourth-order valence-corrected chi connectivity index (χ4v) is 1.46. The minimum atomic E-state index is -0.226. The highest BCUT2D eigenvalue weighted by Crippen LogP contribution is 2.03. The van der Waals surface area contributed by atoms with E-state index in [1.807, 2.05) is 19.6 Å². The van der Waals surface area contributed by atoms with Crippen LogP contribution in [0.3, 0.4) is 0 Å². The molecule has 0 spiro atoms. The van der Waals surface area contributed by atoms with Gasteiger partial charge in [-0.05, 0) is 19.9 Å². The van der Waals surface area contributed by atoms with Crippen LogP contribution in [0.2, 0.25) is 0 Å². The summed E-state index contributed by atoms with van der Waals surface area (Å²) in [6.45, 7) is 1.71. The van der Waals surface area contributed by atoms with E-state index in [2.05, 4.69) is 14.9 Å². The molecule has 0 unspecified atom stereocenters. The number of hydrogen-bond donors (Lipinski definition) is 2. The molecule has 84 valence electrons. The van der Waals surface area contributed by atoms with Crippen molar-refractivity contribution in [2.45, 2.75) is 32.4 Å². The number of carbonyl (C=O) groups excluding carboxylic acids is 1. The highest BCUT2D eigenvalue weighted by Gasteiger charge is 2.00. The molecule has 1 rings (SSSR count). The molecule has 1 aromatic rings. The van der Waals surface area contributed by atoms with Gasteiger partial charge >= 0.3 is 0 Å². The predicted octanol–water partition coefficient (Wildman–Crippen LogP) is 0.258. The van der Waals surface area contributed by atoms with E-state index in [0.717, 1.165) is 31.6 Å². The van der Waals surface area contributed by atoms with E-state index in [0.29, 0.717) is 6.42 Å². The number of amides is 1. The van der Waals surface area contributed by atoms with Crippen molar-refractivity contribution in [3.63, 3.8) is 0 Å². The molecule has 0 atom stereocenters. The molecule has 0 bridgehead atoms. The number of unbranched alkanes of at least 4 members (excludes halogenated alkanes) is 1. The number of nitrogens with two attached hydrogens (primary N) is 1. The molecule has 15 heavy (non-hydrogen) atoms. The number of hydrogen-bond acceptors (Lipinski definition) is 3. The lowest BCUT2D eigenvalue weighted by molar-refractivity contribution is -0.118. The predicted molar refractivity (Wildman–Crippen MR) is 58.0 cm³/mol. The largest absolute Gasteiger partial charge is 0.370 e. The van der Waals surface area contributed by atoms with Crippen molar-refractivity contribution in [2.75, 3.05) is 7.05 Å². The van der Waals surface area contributed by atoms with Crippen molar-refractivity contribution in [1.29, 1.82) is 0 Å². The summed E-state index contributed by atoms with van der Waals surface area (Å²) in [5.41, 5.74) is 6.22. The van der Waals surface area contributed by atoms with Crippen molar-refractivity contribution in [3.8, 4) is 0 Å².